The fourth-order valence-corrected chi connectivity index (χ4v) is 7.32. The molecular formula is C31H40FN7O2. The van der Waals surface area contributed by atoms with Gasteiger partial charge in [0.05, 0.1) is 18.5 Å². The second-order valence-electron chi connectivity index (χ2n) is 11.8. The van der Waals surface area contributed by atoms with Crippen LogP contribution < -0.4 is 9.64 Å². The number of tetrazole rings is 1. The van der Waals surface area contributed by atoms with Gasteiger partial charge < -0.3 is 19.4 Å². The number of rotatable bonds is 8. The van der Waals surface area contributed by atoms with E-state index in [0.29, 0.717) is 11.8 Å². The van der Waals surface area contributed by atoms with E-state index in [0.717, 1.165) is 88.4 Å². The van der Waals surface area contributed by atoms with Gasteiger partial charge in [-0.05, 0) is 104 Å². The standard InChI is InChI=1S/C31H40FN7O2/c1-36(28-19-26(10-12-29(28)41-2)39-21-33-34-35-39)27-11-7-24(30(27)22-5-8-25(32)9-6-22)20-37-17-13-23(14-18-37)31(40)38-15-3-4-16-38/h5-6,8-10,12,19,21,23-24,27,30H,3-4,7,11,13-18,20H2,1-2H3/t24-,27+,30-/m1/s1. The normalized spacial score (nSPS) is 23.7. The average Bonchev–Trinajstić information content (AvgIpc) is 3.80. The summed E-state index contributed by atoms with van der Waals surface area (Å²) in [5.41, 5.74) is 3.00. The van der Waals surface area contributed by atoms with Crippen LogP contribution in [0.5, 0.6) is 5.75 Å². The molecule has 10 heteroatoms. The number of anilines is 1. The molecule has 0 unspecified atom stereocenters. The molecule has 218 valence electrons. The number of halogens is 1. The summed E-state index contributed by atoms with van der Waals surface area (Å²) in [6, 6.07) is 13.2. The first-order valence-electron chi connectivity index (χ1n) is 14.9. The molecule has 3 aromatic rings. The molecule has 3 fully saturated rings. The number of methoxy groups -OCH3 is 1. The number of hydrogen-bond donors (Lipinski definition) is 0. The van der Waals surface area contributed by atoms with Crippen molar-refractivity contribution in [1.82, 2.24) is 30.0 Å². The number of piperidine rings is 1. The van der Waals surface area contributed by atoms with Crippen molar-refractivity contribution in [3.05, 3.63) is 60.2 Å². The molecule has 1 aromatic heterocycles. The largest absolute Gasteiger partial charge is 0.495 e. The monoisotopic (exact) mass is 561 g/mol. The molecule has 0 spiro atoms. The zero-order chi connectivity index (χ0) is 28.3. The third-order valence-electron chi connectivity index (χ3n) is 9.51. The Hall–Kier alpha value is -3.53. The van der Waals surface area contributed by atoms with Crippen LogP contribution in [0.15, 0.2) is 48.8 Å². The summed E-state index contributed by atoms with van der Waals surface area (Å²) in [6.45, 7) is 4.76. The molecule has 2 saturated heterocycles. The van der Waals surface area contributed by atoms with Crippen LogP contribution in [0.1, 0.15) is 50.0 Å². The molecule has 3 aliphatic rings. The van der Waals surface area contributed by atoms with E-state index in [2.05, 4.69) is 43.3 Å². The Morgan fingerprint density at radius 1 is 1.02 bits per heavy atom. The average molecular weight is 562 g/mol. The van der Waals surface area contributed by atoms with E-state index in [4.69, 9.17) is 4.74 Å². The van der Waals surface area contributed by atoms with Gasteiger partial charge in [0.15, 0.2) is 0 Å². The van der Waals surface area contributed by atoms with E-state index < -0.39 is 0 Å². The molecule has 1 aliphatic carbocycles. The molecule has 0 N–H and O–H groups in total. The predicted molar refractivity (Wildman–Crippen MR) is 155 cm³/mol. The van der Waals surface area contributed by atoms with Crippen LogP contribution in [0.25, 0.3) is 5.69 Å². The number of likely N-dealkylation sites (N-methyl/N-ethyl adjacent to an activating group) is 1. The fourth-order valence-electron chi connectivity index (χ4n) is 7.32. The van der Waals surface area contributed by atoms with Gasteiger partial charge in [-0.15, -0.1) is 5.10 Å². The minimum Gasteiger partial charge on any atom is -0.495 e. The maximum atomic E-state index is 14.0. The number of carbonyl (C=O) groups is 1. The SMILES string of the molecule is COc1ccc(-n2cnnn2)cc1N(C)[C@H]1CC[C@H](CN2CCC(C(=O)N3CCCC3)CC2)[C@H]1c1ccc(F)cc1. The van der Waals surface area contributed by atoms with Crippen LogP contribution in [0.4, 0.5) is 10.1 Å². The Bertz CT molecular complexity index is 1300. The van der Waals surface area contributed by atoms with Gasteiger partial charge >= 0.3 is 0 Å². The second-order valence-corrected chi connectivity index (χ2v) is 11.8. The molecule has 41 heavy (non-hydrogen) atoms. The quantitative estimate of drug-likeness (QED) is 0.409. The van der Waals surface area contributed by atoms with Crippen molar-refractivity contribution in [3.8, 4) is 11.4 Å². The number of hydrogen-bond acceptors (Lipinski definition) is 7. The van der Waals surface area contributed by atoms with Crippen molar-refractivity contribution in [1.29, 1.82) is 0 Å². The first-order chi connectivity index (χ1) is 20.0. The van der Waals surface area contributed by atoms with E-state index in [1.54, 1.807) is 30.3 Å². The van der Waals surface area contributed by atoms with Crippen LogP contribution >= 0.6 is 0 Å². The topological polar surface area (TPSA) is 79.6 Å². The predicted octanol–water partition coefficient (Wildman–Crippen LogP) is 4.14. The minimum atomic E-state index is -0.214. The smallest absolute Gasteiger partial charge is 0.225 e. The van der Waals surface area contributed by atoms with Gasteiger partial charge in [0.2, 0.25) is 5.91 Å². The molecule has 0 bridgehead atoms. The van der Waals surface area contributed by atoms with Crippen molar-refractivity contribution in [2.45, 2.75) is 50.5 Å². The van der Waals surface area contributed by atoms with E-state index in [-0.39, 0.29) is 23.7 Å². The highest BCUT2D eigenvalue weighted by Crippen LogP contribution is 2.46. The maximum Gasteiger partial charge on any atom is 0.225 e. The Morgan fingerprint density at radius 3 is 2.46 bits per heavy atom. The molecule has 3 atom stereocenters. The van der Waals surface area contributed by atoms with E-state index in [1.807, 2.05) is 24.3 Å². The van der Waals surface area contributed by atoms with Crippen LogP contribution in [0.3, 0.4) is 0 Å². The lowest BCUT2D eigenvalue weighted by atomic mass is 9.84. The Kier molecular flexibility index (Phi) is 8.18. The van der Waals surface area contributed by atoms with Gasteiger partial charge in [-0.1, -0.05) is 12.1 Å². The number of ether oxygens (including phenoxy) is 1. The van der Waals surface area contributed by atoms with Gasteiger partial charge in [0.1, 0.15) is 17.9 Å². The summed E-state index contributed by atoms with van der Waals surface area (Å²) in [6.07, 6.45) is 7.84. The van der Waals surface area contributed by atoms with E-state index >= 15 is 0 Å². The highest BCUT2D eigenvalue weighted by molar-refractivity contribution is 5.79. The number of aromatic nitrogens is 4. The second kappa shape index (κ2) is 12.1. The zero-order valence-electron chi connectivity index (χ0n) is 24.0. The minimum absolute atomic E-state index is 0.166. The van der Waals surface area contributed by atoms with Crippen LogP contribution in [0, 0.1) is 17.7 Å². The van der Waals surface area contributed by atoms with Crippen LogP contribution in [0.2, 0.25) is 0 Å². The zero-order valence-corrected chi connectivity index (χ0v) is 24.0. The van der Waals surface area contributed by atoms with Gasteiger partial charge in [-0.2, -0.15) is 0 Å². The number of likely N-dealkylation sites (tertiary alicyclic amines) is 2. The van der Waals surface area contributed by atoms with Crippen molar-refractivity contribution in [2.24, 2.45) is 11.8 Å². The summed E-state index contributed by atoms with van der Waals surface area (Å²) in [4.78, 5) is 19.9. The lowest BCUT2D eigenvalue weighted by Crippen LogP contribution is -2.44. The fraction of sp³-hybridized carbons (Fsp3) is 0.548. The summed E-state index contributed by atoms with van der Waals surface area (Å²) in [7, 11) is 3.82. The van der Waals surface area contributed by atoms with E-state index in [1.165, 1.54) is 5.56 Å². The molecule has 9 nitrogen and oxygen atoms in total. The molecule has 1 saturated carbocycles. The lowest BCUT2D eigenvalue weighted by molar-refractivity contribution is -0.136. The third kappa shape index (κ3) is 5.80. The van der Waals surface area contributed by atoms with Crippen molar-refractivity contribution < 1.29 is 13.9 Å². The Morgan fingerprint density at radius 2 is 1.78 bits per heavy atom. The van der Waals surface area contributed by atoms with E-state index in [9.17, 15) is 9.18 Å². The molecule has 2 aliphatic heterocycles. The number of amides is 1. The van der Waals surface area contributed by atoms with Gasteiger partial charge in [0.25, 0.3) is 0 Å². The van der Waals surface area contributed by atoms with Crippen molar-refractivity contribution >= 4 is 11.6 Å². The van der Waals surface area contributed by atoms with Gasteiger partial charge in [-0.25, -0.2) is 9.07 Å². The van der Waals surface area contributed by atoms with Crippen molar-refractivity contribution in [2.75, 3.05) is 51.8 Å². The lowest BCUT2D eigenvalue weighted by Gasteiger charge is -2.38. The van der Waals surface area contributed by atoms with Crippen LogP contribution in [-0.4, -0.2) is 88.8 Å². The first-order valence-corrected chi connectivity index (χ1v) is 14.9. The van der Waals surface area contributed by atoms with Gasteiger partial charge in [0, 0.05) is 44.6 Å². The summed E-state index contributed by atoms with van der Waals surface area (Å²) < 4.78 is 21.4. The number of carbonyl (C=O) groups excluding carboxylic acids is 1. The molecular weight excluding hydrogens is 521 g/mol. The Labute approximate surface area is 241 Å². The number of nitrogens with zero attached hydrogens (tertiary/aromatic N) is 7. The summed E-state index contributed by atoms with van der Waals surface area (Å²) >= 11 is 0. The third-order valence-corrected chi connectivity index (χ3v) is 9.51. The van der Waals surface area contributed by atoms with Crippen LogP contribution in [-0.2, 0) is 4.79 Å². The molecule has 6 rings (SSSR count). The van der Waals surface area contributed by atoms with Gasteiger partial charge in [-0.3, -0.25) is 4.79 Å². The molecule has 0 radical (unpaired) electrons. The summed E-state index contributed by atoms with van der Waals surface area (Å²) in [5, 5.41) is 11.6. The van der Waals surface area contributed by atoms with Crippen molar-refractivity contribution in [3.63, 3.8) is 0 Å². The first kappa shape index (κ1) is 27.6. The maximum absolute atomic E-state index is 14.0. The Balaban J connectivity index is 1.21. The summed E-state index contributed by atoms with van der Waals surface area (Å²) in [5.74, 6) is 1.76. The molecule has 1 amide bonds. The highest BCUT2D eigenvalue weighted by atomic mass is 19.1. The number of benzene rings is 2. The molecule has 2 aromatic carbocycles. The highest BCUT2D eigenvalue weighted by Gasteiger charge is 2.41. The molecule has 3 heterocycles.